The molecule has 0 aliphatic rings. The normalized spacial score (nSPS) is 14.4. The molecule has 0 aliphatic heterocycles. The number of allylic oxidation sites excluding steroid dienone is 18. The van der Waals surface area contributed by atoms with Gasteiger partial charge in [-0.05, 0) is 109 Å². The Morgan fingerprint density at radius 2 is 0.500 bits per heavy atom. The van der Waals surface area contributed by atoms with Gasteiger partial charge in [-0.2, -0.15) is 0 Å². The molecular formula is C87H152O17P2. The van der Waals surface area contributed by atoms with Gasteiger partial charge in [0.2, 0.25) is 0 Å². The van der Waals surface area contributed by atoms with E-state index < -0.39 is 97.5 Å². The summed E-state index contributed by atoms with van der Waals surface area (Å²) in [5, 5.41) is 10.7. The summed E-state index contributed by atoms with van der Waals surface area (Å²) in [6.45, 7) is 4.70. The fourth-order valence-corrected chi connectivity index (χ4v) is 12.9. The second-order valence-electron chi connectivity index (χ2n) is 28.1. The Kier molecular flexibility index (Phi) is 75.6. The van der Waals surface area contributed by atoms with Crippen molar-refractivity contribution in [2.45, 2.75) is 380 Å². The number of esters is 4. The Labute approximate surface area is 645 Å². The number of aliphatic hydroxyl groups excluding tert-OH is 1. The summed E-state index contributed by atoms with van der Waals surface area (Å²) in [6, 6.07) is 0. The van der Waals surface area contributed by atoms with Crippen molar-refractivity contribution in [3.63, 3.8) is 0 Å². The van der Waals surface area contributed by atoms with Crippen molar-refractivity contribution in [3.05, 3.63) is 109 Å². The van der Waals surface area contributed by atoms with Gasteiger partial charge in [-0.15, -0.1) is 0 Å². The lowest BCUT2D eigenvalue weighted by molar-refractivity contribution is -0.161. The Bertz CT molecular complexity index is 2430. The third kappa shape index (κ3) is 77.9. The van der Waals surface area contributed by atoms with E-state index in [2.05, 4.69) is 125 Å². The number of hydrogen-bond donors (Lipinski definition) is 3. The van der Waals surface area contributed by atoms with E-state index >= 15 is 0 Å². The van der Waals surface area contributed by atoms with Gasteiger partial charge < -0.3 is 33.8 Å². The van der Waals surface area contributed by atoms with E-state index in [0.717, 1.165) is 116 Å². The molecule has 0 spiro atoms. The van der Waals surface area contributed by atoms with Gasteiger partial charge >= 0.3 is 39.5 Å². The predicted octanol–water partition coefficient (Wildman–Crippen LogP) is 24.9. The molecular weight excluding hydrogens is 1380 g/mol. The highest BCUT2D eigenvalue weighted by Crippen LogP contribution is 2.45. The summed E-state index contributed by atoms with van der Waals surface area (Å²) in [5.74, 6) is -2.25. The highest BCUT2D eigenvalue weighted by Gasteiger charge is 2.30. The van der Waals surface area contributed by atoms with E-state index in [1.807, 2.05) is 12.2 Å². The summed E-state index contributed by atoms with van der Waals surface area (Å²) in [6.07, 6.45) is 86.3. The summed E-state index contributed by atoms with van der Waals surface area (Å²) in [4.78, 5) is 73.1. The van der Waals surface area contributed by atoms with E-state index in [1.54, 1.807) is 0 Å². The monoisotopic (exact) mass is 1530 g/mol. The Hall–Kier alpha value is -4.28. The molecule has 0 bridgehead atoms. The van der Waals surface area contributed by atoms with E-state index in [-0.39, 0.29) is 25.7 Å². The van der Waals surface area contributed by atoms with Crippen LogP contribution in [-0.4, -0.2) is 96.7 Å². The second kappa shape index (κ2) is 78.8. The van der Waals surface area contributed by atoms with Gasteiger partial charge in [0, 0.05) is 25.7 Å². The number of carbonyl (C=O) groups is 4. The van der Waals surface area contributed by atoms with Crippen molar-refractivity contribution in [1.82, 2.24) is 0 Å². The minimum Gasteiger partial charge on any atom is -0.462 e. The maximum absolute atomic E-state index is 13.1. The first-order chi connectivity index (χ1) is 51.7. The van der Waals surface area contributed by atoms with Gasteiger partial charge in [-0.25, -0.2) is 9.13 Å². The van der Waals surface area contributed by atoms with Gasteiger partial charge in [0.15, 0.2) is 12.2 Å². The Morgan fingerprint density at radius 1 is 0.274 bits per heavy atom. The molecule has 0 fully saturated rings. The molecule has 5 atom stereocenters. The first kappa shape index (κ1) is 102. The highest BCUT2D eigenvalue weighted by atomic mass is 31.2. The van der Waals surface area contributed by atoms with Crippen LogP contribution in [0.15, 0.2) is 109 Å². The lowest BCUT2D eigenvalue weighted by atomic mass is 10.0. The fourth-order valence-electron chi connectivity index (χ4n) is 11.4. The van der Waals surface area contributed by atoms with Crippen LogP contribution in [0.4, 0.5) is 0 Å². The first-order valence-electron chi connectivity index (χ1n) is 42.1. The van der Waals surface area contributed by atoms with Crippen LogP contribution < -0.4 is 0 Å². The molecule has 19 heteroatoms. The Balaban J connectivity index is 5.43. The van der Waals surface area contributed by atoms with Gasteiger partial charge in [0.05, 0.1) is 26.4 Å². The van der Waals surface area contributed by atoms with Gasteiger partial charge in [0.1, 0.15) is 19.3 Å². The number of phosphoric ester groups is 2. The molecule has 0 radical (unpaired) electrons. The van der Waals surface area contributed by atoms with Gasteiger partial charge in [-0.3, -0.25) is 37.3 Å². The number of aliphatic hydroxyl groups is 1. The maximum Gasteiger partial charge on any atom is 0.472 e. The summed E-state index contributed by atoms with van der Waals surface area (Å²) in [7, 11) is -9.99. The van der Waals surface area contributed by atoms with Crippen molar-refractivity contribution < 1.29 is 80.2 Å². The Morgan fingerprint density at radius 3 is 0.811 bits per heavy atom. The van der Waals surface area contributed by atoms with Crippen molar-refractivity contribution in [2.24, 2.45) is 0 Å². The molecule has 0 heterocycles. The summed E-state index contributed by atoms with van der Waals surface area (Å²) < 4.78 is 68.7. The standard InChI is InChI=1S/C87H152O17P2/c1-5-9-13-17-21-25-29-33-37-39-40-42-46-50-54-58-62-66-70-74-87(92)104-83(78-98-85(90)72-68-64-60-56-52-48-44-36-32-28-24-20-16-12-8-4)80-102-106(95,96)100-76-81(88)75-99-105(93,94)101-79-82(77-97-84(89)71-67-63-59-55-51-47-43-35-31-27-23-19-15-11-7-3)103-86(91)73-69-65-61-57-53-49-45-41-38-34-30-26-22-18-14-10-6-2/h9,13,21-22,25-26,33-34,37-38,40,42,45,49-50,54,57,61,81-83,88H,5-8,10-12,14-20,23-24,27-32,35-36,39,41,43-44,46-48,51-53,55-56,58-60,62-80H2,1-4H3,(H,93,94)(H,95,96)/b13-9-,25-21-,26-22-,37-33-,38-34-,42-40-,49-45-,54-50-,61-57-/t81-,82+,83+/m0/s1. The van der Waals surface area contributed by atoms with E-state index in [1.165, 1.54) is 161 Å². The zero-order valence-corrected chi connectivity index (χ0v) is 68.9. The lowest BCUT2D eigenvalue weighted by Gasteiger charge is -2.21. The van der Waals surface area contributed by atoms with Crippen molar-refractivity contribution >= 4 is 39.5 Å². The fraction of sp³-hybridized carbons (Fsp3) is 0.747. The van der Waals surface area contributed by atoms with Crippen LogP contribution in [-0.2, 0) is 65.4 Å². The number of hydrogen-bond acceptors (Lipinski definition) is 15. The summed E-state index contributed by atoms with van der Waals surface area (Å²) in [5.41, 5.74) is 0. The minimum atomic E-state index is -4.99. The number of ether oxygens (including phenoxy) is 4. The molecule has 2 unspecified atom stereocenters. The van der Waals surface area contributed by atoms with Crippen molar-refractivity contribution in [2.75, 3.05) is 39.6 Å². The number of rotatable bonds is 79. The highest BCUT2D eigenvalue weighted by molar-refractivity contribution is 7.47. The predicted molar refractivity (Wildman–Crippen MR) is 436 cm³/mol. The third-order valence-corrected chi connectivity index (χ3v) is 19.7. The smallest absolute Gasteiger partial charge is 0.462 e. The van der Waals surface area contributed by atoms with Crippen molar-refractivity contribution in [1.29, 1.82) is 0 Å². The van der Waals surface area contributed by atoms with Crippen LogP contribution in [0.3, 0.4) is 0 Å². The average Bonchev–Trinajstić information content (AvgIpc) is 0.906. The number of carbonyl (C=O) groups excluding carboxylic acids is 4. The molecule has 17 nitrogen and oxygen atoms in total. The molecule has 0 aromatic rings. The molecule has 0 saturated heterocycles. The van der Waals surface area contributed by atoms with Crippen molar-refractivity contribution in [3.8, 4) is 0 Å². The molecule has 3 N–H and O–H groups in total. The van der Waals surface area contributed by atoms with E-state index in [4.69, 9.17) is 37.0 Å². The van der Waals surface area contributed by atoms with Crippen LogP contribution in [0.1, 0.15) is 362 Å². The third-order valence-electron chi connectivity index (χ3n) is 17.8. The number of unbranched alkanes of at least 4 members (excludes halogenated alkanes) is 35. The zero-order chi connectivity index (χ0) is 77.4. The lowest BCUT2D eigenvalue weighted by Crippen LogP contribution is -2.30. The second-order valence-corrected chi connectivity index (χ2v) is 31.0. The number of phosphoric acid groups is 2. The zero-order valence-electron chi connectivity index (χ0n) is 67.1. The van der Waals surface area contributed by atoms with E-state index in [9.17, 15) is 43.2 Å². The molecule has 0 aromatic carbocycles. The molecule has 0 amide bonds. The van der Waals surface area contributed by atoms with Crippen LogP contribution in [0.25, 0.3) is 0 Å². The quantitative estimate of drug-likeness (QED) is 0.0169. The topological polar surface area (TPSA) is 237 Å². The minimum absolute atomic E-state index is 0.0201. The van der Waals surface area contributed by atoms with E-state index in [0.29, 0.717) is 32.1 Å². The first-order valence-corrected chi connectivity index (χ1v) is 45.1. The molecule has 612 valence electrons. The van der Waals surface area contributed by atoms with Gasteiger partial charge in [-0.1, -0.05) is 336 Å². The average molecular weight is 1530 g/mol. The summed E-state index contributed by atoms with van der Waals surface area (Å²) >= 11 is 0. The SMILES string of the molecule is CC/C=C\C/C=C\C/C=C\C/C=C\C/C=C\CCCCCC(=O)O[C@H](COC(=O)CCCCCCCCCCCCCCCCC)COP(=O)(O)OC[C@@H](O)COP(=O)(O)OC[C@@H](COC(=O)CCCCCCCCCCCCCCCCC)OC(=O)CCC/C=C\C/C=C\C/C=C\C/C=C\CCCCC. The molecule has 0 rings (SSSR count). The molecule has 0 saturated carbocycles. The molecule has 0 aromatic heterocycles. The van der Waals surface area contributed by atoms with Crippen LogP contribution in [0.2, 0.25) is 0 Å². The molecule has 0 aliphatic carbocycles. The molecule has 106 heavy (non-hydrogen) atoms. The van der Waals surface area contributed by atoms with Crippen LogP contribution >= 0.6 is 15.6 Å². The van der Waals surface area contributed by atoms with Crippen LogP contribution in [0, 0.1) is 0 Å². The van der Waals surface area contributed by atoms with Gasteiger partial charge in [0.25, 0.3) is 0 Å². The largest absolute Gasteiger partial charge is 0.472 e. The maximum atomic E-state index is 13.1. The van der Waals surface area contributed by atoms with Crippen LogP contribution in [0.5, 0.6) is 0 Å².